The van der Waals surface area contributed by atoms with Crippen LogP contribution in [0.5, 0.6) is 5.75 Å². The fraction of sp³-hybridized carbons (Fsp3) is 0.125. The Bertz CT molecular complexity index is 1290. The number of fused-ring (bicyclic) bond motifs is 1. The number of nitrogens with zero attached hydrogens (tertiary/aromatic N) is 2. The molecule has 0 aliphatic carbocycles. The second kappa shape index (κ2) is 7.91. The first-order valence-corrected chi connectivity index (χ1v) is 9.40. The summed E-state index contributed by atoms with van der Waals surface area (Å²) in [7, 11) is 1.54. The lowest BCUT2D eigenvalue weighted by Gasteiger charge is -2.13. The molecule has 0 saturated heterocycles. The summed E-state index contributed by atoms with van der Waals surface area (Å²) in [5, 5.41) is 0.363. The van der Waals surface area contributed by atoms with Crippen LogP contribution in [0.25, 0.3) is 11.0 Å². The van der Waals surface area contributed by atoms with Gasteiger partial charge in [-0.1, -0.05) is 12.1 Å². The Labute approximate surface area is 172 Å². The standard InChI is InChI=1S/C24H19FN2O3/c1-15-3-12-20-23(29)21(22(28)17-6-10-19(30-2)11-7-17)14-27(24(20)26-15)13-16-4-8-18(25)9-5-16/h3-12,14H,13H2,1-2H3. The second-order valence-corrected chi connectivity index (χ2v) is 7.01. The maximum Gasteiger partial charge on any atom is 0.202 e. The van der Waals surface area contributed by atoms with Gasteiger partial charge in [0.05, 0.1) is 18.1 Å². The number of hydrogen-bond acceptors (Lipinski definition) is 4. The van der Waals surface area contributed by atoms with E-state index in [9.17, 15) is 14.0 Å². The van der Waals surface area contributed by atoms with Crippen molar-refractivity contribution in [2.75, 3.05) is 7.11 Å². The molecule has 0 atom stereocenters. The van der Waals surface area contributed by atoms with Crippen molar-refractivity contribution >= 4 is 16.8 Å². The van der Waals surface area contributed by atoms with Gasteiger partial charge in [-0.25, -0.2) is 9.37 Å². The Hall–Kier alpha value is -3.80. The lowest BCUT2D eigenvalue weighted by molar-refractivity contribution is 0.103. The van der Waals surface area contributed by atoms with Gasteiger partial charge in [0.25, 0.3) is 0 Å². The Morgan fingerprint density at radius 2 is 1.73 bits per heavy atom. The van der Waals surface area contributed by atoms with E-state index in [1.54, 1.807) is 60.2 Å². The summed E-state index contributed by atoms with van der Waals surface area (Å²) >= 11 is 0. The number of ether oxygens (including phenoxy) is 1. The van der Waals surface area contributed by atoms with Gasteiger partial charge in [0.2, 0.25) is 5.43 Å². The third-order valence-corrected chi connectivity index (χ3v) is 4.92. The van der Waals surface area contributed by atoms with Gasteiger partial charge in [-0.15, -0.1) is 0 Å². The lowest BCUT2D eigenvalue weighted by Crippen LogP contribution is -2.21. The molecule has 30 heavy (non-hydrogen) atoms. The van der Waals surface area contributed by atoms with Crippen LogP contribution in [0.1, 0.15) is 27.2 Å². The summed E-state index contributed by atoms with van der Waals surface area (Å²) in [5.74, 6) is -0.0794. The van der Waals surface area contributed by atoms with Crippen molar-refractivity contribution < 1.29 is 13.9 Å². The van der Waals surface area contributed by atoms with E-state index >= 15 is 0 Å². The molecule has 4 aromatic rings. The van der Waals surface area contributed by atoms with Crippen molar-refractivity contribution in [3.05, 3.63) is 105 Å². The number of pyridine rings is 2. The normalized spacial score (nSPS) is 10.9. The maximum atomic E-state index is 13.3. The van der Waals surface area contributed by atoms with E-state index in [0.29, 0.717) is 28.9 Å². The Balaban J connectivity index is 1.86. The van der Waals surface area contributed by atoms with Crippen LogP contribution in [0.15, 0.2) is 71.7 Å². The number of carbonyl (C=O) groups excluding carboxylic acids is 1. The van der Waals surface area contributed by atoms with E-state index in [1.807, 2.05) is 6.92 Å². The molecular formula is C24H19FN2O3. The number of benzene rings is 2. The van der Waals surface area contributed by atoms with E-state index in [2.05, 4.69) is 4.98 Å². The second-order valence-electron chi connectivity index (χ2n) is 7.01. The molecule has 0 aliphatic heterocycles. The minimum Gasteiger partial charge on any atom is -0.497 e. The van der Waals surface area contributed by atoms with Gasteiger partial charge in [0.15, 0.2) is 5.78 Å². The van der Waals surface area contributed by atoms with Crippen molar-refractivity contribution in [1.29, 1.82) is 0 Å². The predicted octanol–water partition coefficient (Wildman–Crippen LogP) is 4.13. The summed E-state index contributed by atoms with van der Waals surface area (Å²) in [6.07, 6.45) is 1.53. The highest BCUT2D eigenvalue weighted by Gasteiger charge is 2.18. The number of aryl methyl sites for hydroxylation is 1. The van der Waals surface area contributed by atoms with Crippen molar-refractivity contribution in [3.63, 3.8) is 0 Å². The minimum absolute atomic E-state index is 0.0560. The zero-order valence-electron chi connectivity index (χ0n) is 16.6. The molecule has 6 heteroatoms. The molecule has 2 aromatic carbocycles. The first kappa shape index (κ1) is 19.5. The number of methoxy groups -OCH3 is 1. The Morgan fingerprint density at radius 3 is 2.40 bits per heavy atom. The van der Waals surface area contributed by atoms with Crippen LogP contribution < -0.4 is 10.2 Å². The third kappa shape index (κ3) is 3.72. The Morgan fingerprint density at radius 1 is 1.03 bits per heavy atom. The number of hydrogen-bond donors (Lipinski definition) is 0. The first-order chi connectivity index (χ1) is 14.5. The van der Waals surface area contributed by atoms with Crippen molar-refractivity contribution in [1.82, 2.24) is 9.55 Å². The number of halogens is 1. The largest absolute Gasteiger partial charge is 0.497 e. The van der Waals surface area contributed by atoms with Gasteiger partial charge in [0.1, 0.15) is 17.2 Å². The number of carbonyl (C=O) groups is 1. The molecule has 0 spiro atoms. The van der Waals surface area contributed by atoms with Gasteiger partial charge in [-0.2, -0.15) is 0 Å². The van der Waals surface area contributed by atoms with Crippen LogP contribution >= 0.6 is 0 Å². The Kier molecular flexibility index (Phi) is 5.14. The topological polar surface area (TPSA) is 61.2 Å². The third-order valence-electron chi connectivity index (χ3n) is 4.92. The molecule has 4 rings (SSSR count). The van der Waals surface area contributed by atoms with E-state index in [4.69, 9.17) is 4.74 Å². The molecule has 0 radical (unpaired) electrons. The molecule has 0 fully saturated rings. The minimum atomic E-state index is -0.377. The van der Waals surface area contributed by atoms with Crippen molar-refractivity contribution in [2.45, 2.75) is 13.5 Å². The molecule has 0 unspecified atom stereocenters. The number of rotatable bonds is 5. The molecule has 2 aromatic heterocycles. The highest BCUT2D eigenvalue weighted by atomic mass is 19.1. The summed E-state index contributed by atoms with van der Waals surface area (Å²) in [4.78, 5) is 30.7. The summed E-state index contributed by atoms with van der Waals surface area (Å²) in [6, 6.07) is 16.1. The highest BCUT2D eigenvalue weighted by molar-refractivity contribution is 6.10. The van der Waals surface area contributed by atoms with Gasteiger partial charge in [0, 0.05) is 24.0 Å². The zero-order chi connectivity index (χ0) is 21.3. The van der Waals surface area contributed by atoms with E-state index in [1.165, 1.54) is 18.3 Å². The monoisotopic (exact) mass is 402 g/mol. The van der Waals surface area contributed by atoms with Crippen LogP contribution in [0.3, 0.4) is 0 Å². The quantitative estimate of drug-likeness (QED) is 0.471. The summed E-state index contributed by atoms with van der Waals surface area (Å²) < 4.78 is 20.2. The SMILES string of the molecule is COc1ccc(C(=O)c2cn(Cc3ccc(F)cc3)c3nc(C)ccc3c2=O)cc1. The van der Waals surface area contributed by atoms with Crippen molar-refractivity contribution in [2.24, 2.45) is 0 Å². The fourth-order valence-electron chi connectivity index (χ4n) is 3.33. The van der Waals surface area contributed by atoms with Crippen molar-refractivity contribution in [3.8, 4) is 5.75 Å². The van der Waals surface area contributed by atoms with Gasteiger partial charge < -0.3 is 9.30 Å². The average molecular weight is 402 g/mol. The highest BCUT2D eigenvalue weighted by Crippen LogP contribution is 2.18. The van der Waals surface area contributed by atoms with Crippen LogP contribution in [0.4, 0.5) is 4.39 Å². The molecule has 0 amide bonds. The van der Waals surface area contributed by atoms with E-state index < -0.39 is 0 Å². The fourth-order valence-corrected chi connectivity index (χ4v) is 3.33. The molecule has 2 heterocycles. The molecular weight excluding hydrogens is 383 g/mol. The van der Waals surface area contributed by atoms with Crippen LogP contribution in [-0.2, 0) is 6.54 Å². The molecule has 0 N–H and O–H groups in total. The zero-order valence-corrected chi connectivity index (χ0v) is 16.6. The average Bonchev–Trinajstić information content (AvgIpc) is 2.76. The lowest BCUT2D eigenvalue weighted by atomic mass is 10.0. The molecule has 5 nitrogen and oxygen atoms in total. The summed E-state index contributed by atoms with van der Waals surface area (Å²) in [6.45, 7) is 2.18. The van der Waals surface area contributed by atoms with Crippen LogP contribution in [-0.4, -0.2) is 22.4 Å². The first-order valence-electron chi connectivity index (χ1n) is 9.40. The molecule has 150 valence electrons. The smallest absolute Gasteiger partial charge is 0.202 e. The molecule has 0 bridgehead atoms. The molecule has 0 aliphatic rings. The van der Waals surface area contributed by atoms with E-state index in [-0.39, 0.29) is 22.6 Å². The van der Waals surface area contributed by atoms with Crippen LogP contribution in [0.2, 0.25) is 0 Å². The van der Waals surface area contributed by atoms with Gasteiger partial charge >= 0.3 is 0 Å². The summed E-state index contributed by atoms with van der Waals surface area (Å²) in [5.41, 5.74) is 2.14. The number of aromatic nitrogens is 2. The predicted molar refractivity (Wildman–Crippen MR) is 113 cm³/mol. The van der Waals surface area contributed by atoms with Gasteiger partial charge in [-0.05, 0) is 61.0 Å². The van der Waals surface area contributed by atoms with E-state index in [0.717, 1.165) is 11.3 Å². The van der Waals surface area contributed by atoms with Crippen LogP contribution in [0, 0.1) is 12.7 Å². The maximum absolute atomic E-state index is 13.3. The van der Waals surface area contributed by atoms with Gasteiger partial charge in [-0.3, -0.25) is 9.59 Å². The number of ketones is 1. The molecule has 0 saturated carbocycles.